The molecule has 0 aliphatic carbocycles. The Kier molecular flexibility index (Phi) is 6.65. The maximum absolute atomic E-state index is 3.67. The average Bonchev–Trinajstić information content (AvgIpc) is 2.48. The van der Waals surface area contributed by atoms with Gasteiger partial charge in [0.25, 0.3) is 0 Å². The molecule has 0 aromatic heterocycles. The molecule has 1 heterocycles. The molecule has 1 N–H and O–H groups in total. The normalized spacial score (nSPS) is 24.8. The Morgan fingerprint density at radius 1 is 1.22 bits per heavy atom. The Morgan fingerprint density at radius 2 is 1.94 bits per heavy atom. The second-order valence-corrected chi connectivity index (χ2v) is 7.00. The molecule has 0 aromatic rings. The minimum Gasteiger partial charge on any atom is -0.314 e. The minimum atomic E-state index is 0.366. The molecule has 0 saturated carbocycles. The van der Waals surface area contributed by atoms with Crippen LogP contribution in [0, 0.1) is 5.41 Å². The molecule has 2 atom stereocenters. The molecule has 108 valence electrons. The maximum Gasteiger partial charge on any atom is 0.0128 e. The zero-order valence-electron chi connectivity index (χ0n) is 13.3. The predicted octanol–water partition coefficient (Wildman–Crippen LogP) is 3.67. The predicted molar refractivity (Wildman–Crippen MR) is 81.0 cm³/mol. The number of hydrogen-bond donors (Lipinski definition) is 1. The van der Waals surface area contributed by atoms with Gasteiger partial charge in [0.2, 0.25) is 0 Å². The summed E-state index contributed by atoms with van der Waals surface area (Å²) in [5.41, 5.74) is 0.366. The molecule has 0 radical (unpaired) electrons. The van der Waals surface area contributed by atoms with Gasteiger partial charge in [-0.2, -0.15) is 0 Å². The van der Waals surface area contributed by atoms with Crippen LogP contribution in [0.5, 0.6) is 0 Å². The molecule has 1 rings (SSSR count). The third-order valence-corrected chi connectivity index (χ3v) is 4.39. The van der Waals surface area contributed by atoms with E-state index >= 15 is 0 Å². The van der Waals surface area contributed by atoms with Crippen LogP contribution in [0.1, 0.15) is 66.7 Å². The molecule has 2 unspecified atom stereocenters. The summed E-state index contributed by atoms with van der Waals surface area (Å²) in [6, 6.07) is 1.42. The summed E-state index contributed by atoms with van der Waals surface area (Å²) < 4.78 is 0. The van der Waals surface area contributed by atoms with E-state index in [1.165, 1.54) is 45.2 Å². The summed E-state index contributed by atoms with van der Waals surface area (Å²) in [7, 11) is 0. The van der Waals surface area contributed by atoms with Gasteiger partial charge in [0.05, 0.1) is 0 Å². The van der Waals surface area contributed by atoms with Crippen molar-refractivity contribution in [1.82, 2.24) is 10.2 Å². The zero-order chi connectivity index (χ0) is 13.6. The summed E-state index contributed by atoms with van der Waals surface area (Å²) in [5, 5.41) is 3.67. The van der Waals surface area contributed by atoms with Gasteiger partial charge < -0.3 is 10.2 Å². The smallest absolute Gasteiger partial charge is 0.0128 e. The van der Waals surface area contributed by atoms with E-state index in [-0.39, 0.29) is 0 Å². The van der Waals surface area contributed by atoms with E-state index in [4.69, 9.17) is 0 Å². The van der Waals surface area contributed by atoms with Crippen LogP contribution < -0.4 is 5.32 Å². The molecule has 0 bridgehead atoms. The van der Waals surface area contributed by atoms with E-state index in [9.17, 15) is 0 Å². The highest BCUT2D eigenvalue weighted by atomic mass is 15.2. The Hall–Kier alpha value is -0.0800. The SMILES string of the molecule is CCNC(CCN1CCCCCC1C)C(C)(C)C. The molecule has 1 aliphatic heterocycles. The van der Waals surface area contributed by atoms with Crippen LogP contribution in [0.2, 0.25) is 0 Å². The van der Waals surface area contributed by atoms with Gasteiger partial charge >= 0.3 is 0 Å². The summed E-state index contributed by atoms with van der Waals surface area (Å²) in [5.74, 6) is 0. The summed E-state index contributed by atoms with van der Waals surface area (Å²) >= 11 is 0. The van der Waals surface area contributed by atoms with Crippen molar-refractivity contribution in [3.05, 3.63) is 0 Å². The van der Waals surface area contributed by atoms with Crippen LogP contribution >= 0.6 is 0 Å². The number of hydrogen-bond acceptors (Lipinski definition) is 2. The van der Waals surface area contributed by atoms with Gasteiger partial charge in [-0.25, -0.2) is 0 Å². The van der Waals surface area contributed by atoms with Crippen LogP contribution in [0.25, 0.3) is 0 Å². The van der Waals surface area contributed by atoms with Crippen molar-refractivity contribution in [3.8, 4) is 0 Å². The van der Waals surface area contributed by atoms with Crippen molar-refractivity contribution in [2.45, 2.75) is 78.8 Å². The monoisotopic (exact) mass is 254 g/mol. The van der Waals surface area contributed by atoms with E-state index < -0.39 is 0 Å². The lowest BCUT2D eigenvalue weighted by atomic mass is 9.84. The van der Waals surface area contributed by atoms with Crippen LogP contribution in [0.4, 0.5) is 0 Å². The van der Waals surface area contributed by atoms with Gasteiger partial charge in [-0.1, -0.05) is 40.5 Å². The van der Waals surface area contributed by atoms with E-state index in [1.54, 1.807) is 0 Å². The molecule has 1 fully saturated rings. The molecule has 18 heavy (non-hydrogen) atoms. The fraction of sp³-hybridized carbons (Fsp3) is 1.00. The molecule has 1 aliphatic rings. The van der Waals surface area contributed by atoms with Crippen molar-refractivity contribution in [3.63, 3.8) is 0 Å². The van der Waals surface area contributed by atoms with E-state index in [1.807, 2.05) is 0 Å². The molecule has 0 aromatic carbocycles. The standard InChI is InChI=1S/C16H34N2/c1-6-17-15(16(3,4)5)11-13-18-12-9-7-8-10-14(18)2/h14-15,17H,6-13H2,1-5H3. The average molecular weight is 254 g/mol. The Labute approximate surface area is 115 Å². The third kappa shape index (κ3) is 5.27. The van der Waals surface area contributed by atoms with Gasteiger partial charge in [-0.3, -0.25) is 0 Å². The first-order valence-electron chi connectivity index (χ1n) is 7.92. The summed E-state index contributed by atoms with van der Waals surface area (Å²) in [4.78, 5) is 2.71. The van der Waals surface area contributed by atoms with E-state index in [2.05, 4.69) is 44.8 Å². The lowest BCUT2D eigenvalue weighted by Crippen LogP contribution is -2.44. The largest absolute Gasteiger partial charge is 0.314 e. The van der Waals surface area contributed by atoms with Gasteiger partial charge in [0.15, 0.2) is 0 Å². The Balaban J connectivity index is 2.44. The Morgan fingerprint density at radius 3 is 2.56 bits per heavy atom. The molecule has 0 spiro atoms. The molecule has 1 saturated heterocycles. The fourth-order valence-electron chi connectivity index (χ4n) is 3.05. The van der Waals surface area contributed by atoms with Gasteiger partial charge in [-0.05, 0) is 51.2 Å². The highest BCUT2D eigenvalue weighted by Gasteiger charge is 2.25. The Bertz CT molecular complexity index is 220. The number of likely N-dealkylation sites (tertiary alicyclic amines) is 1. The van der Waals surface area contributed by atoms with Crippen LogP contribution in [-0.2, 0) is 0 Å². The van der Waals surface area contributed by atoms with Gasteiger partial charge in [-0.15, -0.1) is 0 Å². The quantitative estimate of drug-likeness (QED) is 0.805. The van der Waals surface area contributed by atoms with E-state index in [0.717, 1.165) is 12.6 Å². The summed E-state index contributed by atoms with van der Waals surface area (Å²) in [6.45, 7) is 15.3. The first-order valence-corrected chi connectivity index (χ1v) is 7.92. The van der Waals surface area contributed by atoms with Crippen LogP contribution in [0.3, 0.4) is 0 Å². The molecule has 0 amide bonds. The highest BCUT2D eigenvalue weighted by Crippen LogP contribution is 2.23. The molecular weight excluding hydrogens is 220 g/mol. The van der Waals surface area contributed by atoms with Gasteiger partial charge in [0.1, 0.15) is 0 Å². The molecular formula is C16H34N2. The van der Waals surface area contributed by atoms with Crippen LogP contribution in [0.15, 0.2) is 0 Å². The fourth-order valence-corrected chi connectivity index (χ4v) is 3.05. The van der Waals surface area contributed by atoms with Crippen LogP contribution in [-0.4, -0.2) is 36.6 Å². The van der Waals surface area contributed by atoms with Gasteiger partial charge in [0, 0.05) is 12.1 Å². The van der Waals surface area contributed by atoms with E-state index in [0.29, 0.717) is 11.5 Å². The lowest BCUT2D eigenvalue weighted by molar-refractivity contribution is 0.174. The number of rotatable bonds is 5. The highest BCUT2D eigenvalue weighted by molar-refractivity contribution is 4.82. The third-order valence-electron chi connectivity index (χ3n) is 4.39. The van der Waals surface area contributed by atoms with Crippen molar-refractivity contribution in [1.29, 1.82) is 0 Å². The summed E-state index contributed by atoms with van der Waals surface area (Å²) in [6.07, 6.45) is 6.92. The van der Waals surface area contributed by atoms with Crippen molar-refractivity contribution < 1.29 is 0 Å². The lowest BCUT2D eigenvalue weighted by Gasteiger charge is -2.35. The zero-order valence-corrected chi connectivity index (χ0v) is 13.3. The van der Waals surface area contributed by atoms with Crippen molar-refractivity contribution in [2.75, 3.05) is 19.6 Å². The second kappa shape index (κ2) is 7.49. The molecule has 2 heteroatoms. The second-order valence-electron chi connectivity index (χ2n) is 7.00. The minimum absolute atomic E-state index is 0.366. The first-order chi connectivity index (χ1) is 8.45. The first kappa shape index (κ1) is 16.0. The van der Waals surface area contributed by atoms with Crippen molar-refractivity contribution in [2.24, 2.45) is 5.41 Å². The topological polar surface area (TPSA) is 15.3 Å². The van der Waals surface area contributed by atoms with Crippen molar-refractivity contribution >= 4 is 0 Å². The number of nitrogens with zero attached hydrogens (tertiary/aromatic N) is 1. The maximum atomic E-state index is 3.67. The number of nitrogens with one attached hydrogen (secondary N) is 1. The molecule has 2 nitrogen and oxygen atoms in total.